The molecule has 2 aromatic heterocycles. The standard InChI is InChI=1S/C23H23N5O/c29-21(25-23-11-17(23)12-23)27-7-5-22(14-27)6-8-28-20(22)10-19(26-28)16-9-15-3-1-2-4-18(15)24-13-16/h1-4,9-10,13,17H,5-8,11-12,14H2,(H,25,29). The number of urea groups is 1. The maximum Gasteiger partial charge on any atom is 0.317 e. The van der Waals surface area contributed by atoms with Gasteiger partial charge in [-0.25, -0.2) is 4.79 Å². The molecule has 2 saturated carbocycles. The largest absolute Gasteiger partial charge is 0.332 e. The fourth-order valence-electron chi connectivity index (χ4n) is 5.47. The van der Waals surface area contributed by atoms with Crippen molar-refractivity contribution in [2.45, 2.75) is 43.2 Å². The molecule has 2 aliphatic heterocycles. The zero-order valence-corrected chi connectivity index (χ0v) is 16.3. The second kappa shape index (κ2) is 5.17. The van der Waals surface area contributed by atoms with E-state index in [1.807, 2.05) is 29.3 Å². The summed E-state index contributed by atoms with van der Waals surface area (Å²) in [4.78, 5) is 19.3. The van der Waals surface area contributed by atoms with E-state index in [1.54, 1.807) is 0 Å². The molecule has 1 saturated heterocycles. The predicted molar refractivity (Wildman–Crippen MR) is 109 cm³/mol. The molecule has 0 bridgehead atoms. The van der Waals surface area contributed by atoms with Gasteiger partial charge in [-0.1, -0.05) is 18.2 Å². The molecule has 1 aromatic carbocycles. The van der Waals surface area contributed by atoms with Crippen LogP contribution in [0.3, 0.4) is 0 Å². The van der Waals surface area contributed by atoms with E-state index in [2.05, 4.69) is 33.2 Å². The molecule has 3 aromatic rings. The number of benzene rings is 1. The van der Waals surface area contributed by atoms with Crippen LogP contribution in [0.15, 0.2) is 42.6 Å². The SMILES string of the molecule is O=C(NC12CC1C2)N1CCC2(CCn3nc(-c4cnc5ccccc5c4)cc32)C1. The molecular weight excluding hydrogens is 362 g/mol. The first-order chi connectivity index (χ1) is 14.1. The van der Waals surface area contributed by atoms with E-state index in [9.17, 15) is 4.79 Å². The highest BCUT2D eigenvalue weighted by Crippen LogP contribution is 2.66. The first-order valence-electron chi connectivity index (χ1n) is 10.6. The molecule has 1 spiro atoms. The van der Waals surface area contributed by atoms with Crippen molar-refractivity contribution < 1.29 is 4.79 Å². The van der Waals surface area contributed by atoms with Gasteiger partial charge < -0.3 is 10.2 Å². The quantitative estimate of drug-likeness (QED) is 0.736. The number of rotatable bonds is 2. The Kier molecular flexibility index (Phi) is 2.85. The van der Waals surface area contributed by atoms with Crippen LogP contribution in [0, 0.1) is 5.92 Å². The number of hydrogen-bond acceptors (Lipinski definition) is 3. The van der Waals surface area contributed by atoms with E-state index in [4.69, 9.17) is 5.10 Å². The fraction of sp³-hybridized carbons (Fsp3) is 0.435. The van der Waals surface area contributed by atoms with Gasteiger partial charge in [-0.3, -0.25) is 9.67 Å². The Hall–Kier alpha value is -2.89. The van der Waals surface area contributed by atoms with Crippen LogP contribution >= 0.6 is 0 Å². The molecule has 6 nitrogen and oxygen atoms in total. The minimum absolute atomic E-state index is 0.0526. The maximum absolute atomic E-state index is 12.7. The van der Waals surface area contributed by atoms with Crippen molar-refractivity contribution in [2.24, 2.45) is 5.92 Å². The number of nitrogens with zero attached hydrogens (tertiary/aromatic N) is 4. The summed E-state index contributed by atoms with van der Waals surface area (Å²) in [6.07, 6.45) is 6.39. The van der Waals surface area contributed by atoms with Gasteiger partial charge in [-0.15, -0.1) is 0 Å². The molecule has 4 heterocycles. The van der Waals surface area contributed by atoms with E-state index in [0.717, 1.165) is 60.6 Å². The number of carbonyl (C=O) groups is 1. The minimum Gasteiger partial charge on any atom is -0.332 e. The van der Waals surface area contributed by atoms with E-state index in [-0.39, 0.29) is 17.0 Å². The van der Waals surface area contributed by atoms with Crippen LogP contribution < -0.4 is 5.32 Å². The topological polar surface area (TPSA) is 63.1 Å². The van der Waals surface area contributed by atoms with Crippen molar-refractivity contribution in [3.63, 3.8) is 0 Å². The summed E-state index contributed by atoms with van der Waals surface area (Å²) in [6.45, 7) is 2.57. The van der Waals surface area contributed by atoms with Crippen molar-refractivity contribution >= 4 is 16.9 Å². The molecule has 7 rings (SSSR count). The third-order valence-electron chi connectivity index (χ3n) is 7.69. The Morgan fingerprint density at radius 2 is 1.97 bits per heavy atom. The summed E-state index contributed by atoms with van der Waals surface area (Å²) in [5, 5.41) is 9.31. The number of likely N-dealkylation sites (tertiary alicyclic amines) is 1. The lowest BCUT2D eigenvalue weighted by atomic mass is 9.82. The van der Waals surface area contributed by atoms with E-state index >= 15 is 0 Å². The van der Waals surface area contributed by atoms with Crippen molar-refractivity contribution in [2.75, 3.05) is 13.1 Å². The van der Waals surface area contributed by atoms with Crippen LogP contribution in [-0.4, -0.2) is 44.3 Å². The molecule has 146 valence electrons. The molecule has 1 unspecified atom stereocenters. The first kappa shape index (κ1) is 16.0. The summed E-state index contributed by atoms with van der Waals surface area (Å²) < 4.78 is 2.16. The van der Waals surface area contributed by atoms with Crippen LogP contribution in [-0.2, 0) is 12.0 Å². The molecule has 4 aliphatic rings. The number of amides is 2. The average Bonchev–Trinajstić information content (AvgIpc) is 3.33. The van der Waals surface area contributed by atoms with Crippen molar-refractivity contribution in [1.82, 2.24) is 25.0 Å². The molecular formula is C23H23N5O. The van der Waals surface area contributed by atoms with E-state index in [1.165, 1.54) is 18.5 Å². The predicted octanol–water partition coefficient (Wildman–Crippen LogP) is 3.32. The van der Waals surface area contributed by atoms with Crippen LogP contribution in [0.25, 0.3) is 22.2 Å². The normalized spacial score (nSPS) is 31.2. The molecule has 6 heteroatoms. The summed E-state index contributed by atoms with van der Waals surface area (Å²) in [5.41, 5.74) is 4.58. The zero-order valence-electron chi connectivity index (χ0n) is 16.3. The second-order valence-corrected chi connectivity index (χ2v) is 9.45. The van der Waals surface area contributed by atoms with Gasteiger partial charge in [0.25, 0.3) is 0 Å². The van der Waals surface area contributed by atoms with Gasteiger partial charge in [0, 0.05) is 53.4 Å². The highest BCUT2D eigenvalue weighted by atomic mass is 16.2. The molecule has 1 N–H and O–H groups in total. The lowest BCUT2D eigenvalue weighted by molar-refractivity contribution is 0.203. The molecule has 29 heavy (non-hydrogen) atoms. The highest BCUT2D eigenvalue weighted by Gasteiger charge is 2.71. The monoisotopic (exact) mass is 385 g/mol. The minimum atomic E-state index is 0.0526. The number of pyridine rings is 1. The van der Waals surface area contributed by atoms with Gasteiger partial charge in [0.1, 0.15) is 0 Å². The summed E-state index contributed by atoms with van der Waals surface area (Å²) in [5.74, 6) is 0.772. The Morgan fingerprint density at radius 1 is 1.14 bits per heavy atom. The molecule has 3 fully saturated rings. The third-order valence-corrected chi connectivity index (χ3v) is 7.69. The Bertz CT molecular complexity index is 1180. The smallest absolute Gasteiger partial charge is 0.317 e. The Balaban J connectivity index is 1.17. The number of aromatic nitrogens is 3. The molecule has 2 aliphatic carbocycles. The lowest BCUT2D eigenvalue weighted by Gasteiger charge is -2.24. The van der Waals surface area contributed by atoms with Crippen LogP contribution in [0.5, 0.6) is 0 Å². The lowest BCUT2D eigenvalue weighted by Crippen LogP contribution is -2.43. The van der Waals surface area contributed by atoms with Crippen LogP contribution in [0.2, 0.25) is 0 Å². The number of aryl methyl sites for hydroxylation is 1. The summed E-state index contributed by atoms with van der Waals surface area (Å²) >= 11 is 0. The van der Waals surface area contributed by atoms with Gasteiger partial charge in [0.15, 0.2) is 0 Å². The van der Waals surface area contributed by atoms with Crippen molar-refractivity contribution in [3.8, 4) is 11.3 Å². The van der Waals surface area contributed by atoms with Crippen LogP contribution in [0.4, 0.5) is 4.79 Å². The van der Waals surface area contributed by atoms with Gasteiger partial charge in [0.05, 0.1) is 11.2 Å². The number of carbonyl (C=O) groups excluding carboxylic acids is 1. The number of fused-ring (bicyclic) bond motifs is 4. The van der Waals surface area contributed by atoms with Gasteiger partial charge in [-0.05, 0) is 49.8 Å². The zero-order chi connectivity index (χ0) is 19.2. The van der Waals surface area contributed by atoms with Crippen molar-refractivity contribution in [3.05, 3.63) is 48.3 Å². The Morgan fingerprint density at radius 3 is 2.83 bits per heavy atom. The average molecular weight is 385 g/mol. The van der Waals surface area contributed by atoms with Crippen LogP contribution in [0.1, 0.15) is 31.4 Å². The number of para-hydroxylation sites is 1. The molecule has 1 atom stereocenters. The number of hydrogen-bond donors (Lipinski definition) is 1. The van der Waals surface area contributed by atoms with Gasteiger partial charge >= 0.3 is 6.03 Å². The molecule has 2 amide bonds. The first-order valence-corrected chi connectivity index (χ1v) is 10.6. The molecule has 0 radical (unpaired) electrons. The van der Waals surface area contributed by atoms with Gasteiger partial charge in [0.2, 0.25) is 0 Å². The fourth-order valence-corrected chi connectivity index (χ4v) is 5.47. The summed E-state index contributed by atoms with van der Waals surface area (Å²) in [7, 11) is 0. The van der Waals surface area contributed by atoms with E-state index < -0.39 is 0 Å². The maximum atomic E-state index is 12.7. The van der Waals surface area contributed by atoms with Gasteiger partial charge in [-0.2, -0.15) is 5.10 Å². The van der Waals surface area contributed by atoms with Crippen molar-refractivity contribution in [1.29, 1.82) is 0 Å². The highest BCUT2D eigenvalue weighted by molar-refractivity contribution is 5.83. The number of nitrogens with one attached hydrogen (secondary N) is 1. The third kappa shape index (κ3) is 2.26. The summed E-state index contributed by atoms with van der Waals surface area (Å²) in [6, 6.07) is 12.7. The second-order valence-electron chi connectivity index (χ2n) is 9.45. The van der Waals surface area contributed by atoms with E-state index in [0.29, 0.717) is 0 Å². The Labute approximate surface area is 168 Å².